The van der Waals surface area contributed by atoms with E-state index in [1.54, 1.807) is 18.4 Å². The molecule has 0 aliphatic heterocycles. The van der Waals surface area contributed by atoms with E-state index < -0.39 is 0 Å². The van der Waals surface area contributed by atoms with Crippen molar-refractivity contribution in [1.82, 2.24) is 15.6 Å². The summed E-state index contributed by atoms with van der Waals surface area (Å²) in [5.74, 6) is 0.582. The lowest BCUT2D eigenvalue weighted by Gasteiger charge is -2.11. The Balaban J connectivity index is 0.00000288. The summed E-state index contributed by atoms with van der Waals surface area (Å²) >= 11 is 1.75. The maximum Gasteiger partial charge on any atom is 0.190 e. The summed E-state index contributed by atoms with van der Waals surface area (Å²) in [5.41, 5.74) is 2.22. The highest BCUT2D eigenvalue weighted by atomic mass is 127. The Morgan fingerprint density at radius 2 is 1.75 bits per heavy atom. The van der Waals surface area contributed by atoms with Crippen molar-refractivity contribution >= 4 is 41.3 Å². The second-order valence-electron chi connectivity index (χ2n) is 5.29. The summed E-state index contributed by atoms with van der Waals surface area (Å²) in [6.45, 7) is 5.65. The van der Waals surface area contributed by atoms with Crippen molar-refractivity contribution in [1.29, 1.82) is 0 Å². The first-order valence-corrected chi connectivity index (χ1v) is 8.52. The molecule has 0 atom stereocenters. The molecule has 0 aliphatic rings. The predicted molar refractivity (Wildman–Crippen MR) is 110 cm³/mol. The minimum Gasteiger partial charge on any atom is -0.356 e. The number of nitrogens with zero attached hydrogens (tertiary/aromatic N) is 2. The fraction of sp³-hybridized carbons (Fsp3) is 0.412. The second-order valence-corrected chi connectivity index (χ2v) is 6.58. The first-order chi connectivity index (χ1) is 11.1. The standard InChI is InChI=1S/C17H23FN4S.HI/c1-12-16(23-13(2)22-12)9-11-21-17(19-3)20-10-8-14-4-6-15(18)7-5-14;/h4-7H,8-11H2,1-3H3,(H2,19,20,21);1H. The third kappa shape index (κ3) is 6.72. The quantitative estimate of drug-likeness (QED) is 0.393. The van der Waals surface area contributed by atoms with Gasteiger partial charge in [-0.15, -0.1) is 35.3 Å². The van der Waals surface area contributed by atoms with E-state index in [0.717, 1.165) is 48.2 Å². The van der Waals surface area contributed by atoms with Gasteiger partial charge in [0.1, 0.15) is 5.82 Å². The van der Waals surface area contributed by atoms with E-state index in [9.17, 15) is 4.39 Å². The third-order valence-electron chi connectivity index (χ3n) is 3.49. The SMILES string of the molecule is CN=C(NCCc1ccc(F)cc1)NCCc1sc(C)nc1C.I. The van der Waals surface area contributed by atoms with Crippen molar-refractivity contribution in [2.45, 2.75) is 26.7 Å². The molecule has 24 heavy (non-hydrogen) atoms. The van der Waals surface area contributed by atoms with Crippen molar-refractivity contribution in [3.8, 4) is 0 Å². The number of aliphatic imine (C=N–C) groups is 1. The molecule has 132 valence electrons. The topological polar surface area (TPSA) is 49.3 Å². The molecule has 4 nitrogen and oxygen atoms in total. The number of aryl methyl sites for hydroxylation is 2. The summed E-state index contributed by atoms with van der Waals surface area (Å²) in [7, 11) is 1.76. The fourth-order valence-corrected chi connectivity index (χ4v) is 3.23. The summed E-state index contributed by atoms with van der Waals surface area (Å²) < 4.78 is 12.9. The van der Waals surface area contributed by atoms with Crippen LogP contribution in [0.25, 0.3) is 0 Å². The number of nitrogens with one attached hydrogen (secondary N) is 2. The Morgan fingerprint density at radius 3 is 2.29 bits per heavy atom. The molecule has 0 saturated heterocycles. The summed E-state index contributed by atoms with van der Waals surface area (Å²) in [6.07, 6.45) is 1.77. The molecule has 0 unspecified atom stereocenters. The largest absolute Gasteiger partial charge is 0.356 e. The number of benzene rings is 1. The van der Waals surface area contributed by atoms with E-state index in [0.29, 0.717) is 0 Å². The van der Waals surface area contributed by atoms with Gasteiger partial charge in [-0.2, -0.15) is 0 Å². The van der Waals surface area contributed by atoms with Crippen molar-refractivity contribution < 1.29 is 4.39 Å². The van der Waals surface area contributed by atoms with Crippen LogP contribution in [0, 0.1) is 19.7 Å². The average molecular weight is 462 g/mol. The number of rotatable bonds is 6. The number of guanidine groups is 1. The Labute approximate surface area is 164 Å². The maximum absolute atomic E-state index is 12.9. The van der Waals surface area contributed by atoms with E-state index in [2.05, 4.69) is 27.5 Å². The number of thiazole rings is 1. The van der Waals surface area contributed by atoms with Gasteiger partial charge in [-0.1, -0.05) is 12.1 Å². The lowest BCUT2D eigenvalue weighted by molar-refractivity contribution is 0.626. The van der Waals surface area contributed by atoms with Crippen LogP contribution >= 0.6 is 35.3 Å². The first-order valence-electron chi connectivity index (χ1n) is 7.70. The van der Waals surface area contributed by atoms with E-state index >= 15 is 0 Å². The highest BCUT2D eigenvalue weighted by Crippen LogP contribution is 2.16. The zero-order valence-corrected chi connectivity index (χ0v) is 17.4. The van der Waals surface area contributed by atoms with Gasteiger partial charge in [0.05, 0.1) is 10.7 Å². The van der Waals surface area contributed by atoms with Crippen LogP contribution in [0.4, 0.5) is 4.39 Å². The van der Waals surface area contributed by atoms with Crippen LogP contribution in [0.3, 0.4) is 0 Å². The Bertz CT molecular complexity index is 655. The Morgan fingerprint density at radius 1 is 1.12 bits per heavy atom. The van der Waals surface area contributed by atoms with Gasteiger partial charge in [-0.3, -0.25) is 4.99 Å². The molecule has 0 spiro atoms. The highest BCUT2D eigenvalue weighted by Gasteiger charge is 2.05. The maximum atomic E-state index is 12.9. The van der Waals surface area contributed by atoms with E-state index in [4.69, 9.17) is 0 Å². The van der Waals surface area contributed by atoms with Gasteiger partial charge in [0, 0.05) is 31.4 Å². The van der Waals surface area contributed by atoms with Gasteiger partial charge < -0.3 is 10.6 Å². The number of aromatic nitrogens is 1. The molecule has 0 aliphatic carbocycles. The number of hydrogen-bond acceptors (Lipinski definition) is 3. The van der Waals surface area contributed by atoms with Crippen LogP contribution in [0.2, 0.25) is 0 Å². The van der Waals surface area contributed by atoms with Crippen LogP contribution in [0.5, 0.6) is 0 Å². The third-order valence-corrected chi connectivity index (χ3v) is 4.62. The normalized spacial score (nSPS) is 11.1. The predicted octanol–water partition coefficient (Wildman–Crippen LogP) is 3.47. The van der Waals surface area contributed by atoms with Crippen LogP contribution in [0.1, 0.15) is 21.1 Å². The summed E-state index contributed by atoms with van der Waals surface area (Å²) in [6, 6.07) is 6.59. The van der Waals surface area contributed by atoms with E-state index in [1.165, 1.54) is 17.0 Å². The molecule has 2 aromatic rings. The van der Waals surface area contributed by atoms with Gasteiger partial charge in [0.15, 0.2) is 5.96 Å². The molecule has 1 aromatic carbocycles. The van der Waals surface area contributed by atoms with Crippen LogP contribution < -0.4 is 10.6 Å². The zero-order valence-electron chi connectivity index (χ0n) is 14.2. The zero-order chi connectivity index (χ0) is 16.7. The van der Waals surface area contributed by atoms with Crippen LogP contribution in [0.15, 0.2) is 29.3 Å². The van der Waals surface area contributed by atoms with E-state index in [1.807, 2.05) is 19.1 Å². The first kappa shape index (κ1) is 20.8. The van der Waals surface area contributed by atoms with Gasteiger partial charge in [0.2, 0.25) is 0 Å². The molecule has 0 radical (unpaired) electrons. The molecule has 0 bridgehead atoms. The summed E-state index contributed by atoms with van der Waals surface area (Å²) in [5, 5.41) is 7.69. The van der Waals surface area contributed by atoms with Gasteiger partial charge >= 0.3 is 0 Å². The Kier molecular flexibility index (Phi) is 9.20. The molecule has 1 heterocycles. The van der Waals surface area contributed by atoms with E-state index in [-0.39, 0.29) is 29.8 Å². The second kappa shape index (κ2) is 10.6. The van der Waals surface area contributed by atoms with Gasteiger partial charge in [0.25, 0.3) is 0 Å². The molecule has 1 aromatic heterocycles. The molecule has 7 heteroatoms. The smallest absolute Gasteiger partial charge is 0.190 e. The van der Waals surface area contributed by atoms with Gasteiger partial charge in [-0.25, -0.2) is 9.37 Å². The lowest BCUT2D eigenvalue weighted by Crippen LogP contribution is -2.39. The van der Waals surface area contributed by atoms with Crippen molar-refractivity contribution in [2.75, 3.05) is 20.1 Å². The minimum absolute atomic E-state index is 0. The molecular formula is C17H24FIN4S. The molecule has 0 fully saturated rings. The van der Waals surface area contributed by atoms with Gasteiger partial charge in [-0.05, 0) is 38.0 Å². The molecule has 0 saturated carbocycles. The molecule has 0 amide bonds. The van der Waals surface area contributed by atoms with Crippen LogP contribution in [-0.2, 0) is 12.8 Å². The molecule has 2 N–H and O–H groups in total. The monoisotopic (exact) mass is 462 g/mol. The van der Waals surface area contributed by atoms with Crippen LogP contribution in [-0.4, -0.2) is 31.1 Å². The van der Waals surface area contributed by atoms with Crippen molar-refractivity contribution in [3.05, 3.63) is 51.2 Å². The summed E-state index contributed by atoms with van der Waals surface area (Å²) in [4.78, 5) is 9.97. The molecular weight excluding hydrogens is 438 g/mol. The highest BCUT2D eigenvalue weighted by molar-refractivity contribution is 14.0. The van der Waals surface area contributed by atoms with Crippen molar-refractivity contribution in [3.63, 3.8) is 0 Å². The molecule has 2 rings (SSSR count). The van der Waals surface area contributed by atoms with Crippen molar-refractivity contribution in [2.24, 2.45) is 4.99 Å². The average Bonchev–Trinajstić information content (AvgIpc) is 2.85. The lowest BCUT2D eigenvalue weighted by atomic mass is 10.1. The fourth-order valence-electron chi connectivity index (χ4n) is 2.30. The Hall–Kier alpha value is -1.22. The number of halogens is 2. The minimum atomic E-state index is -0.201. The number of hydrogen-bond donors (Lipinski definition) is 2.